The molecule has 1 saturated heterocycles. The highest BCUT2D eigenvalue weighted by atomic mass is 16.3. The van der Waals surface area contributed by atoms with Crippen LogP contribution in [0.25, 0.3) is 22.3 Å². The maximum atomic E-state index is 12.7. The van der Waals surface area contributed by atoms with Gasteiger partial charge in [-0.3, -0.25) is 9.69 Å². The molecule has 1 N–H and O–H groups in total. The number of benzene rings is 2. The Hall–Kier alpha value is -2.59. The van der Waals surface area contributed by atoms with Crippen molar-refractivity contribution in [3.63, 3.8) is 0 Å². The molecule has 0 unspecified atom stereocenters. The molecule has 1 aliphatic heterocycles. The van der Waals surface area contributed by atoms with Gasteiger partial charge in [-0.05, 0) is 38.6 Å². The zero-order valence-electron chi connectivity index (χ0n) is 13.6. The molecular weight excluding hydrogens is 302 g/mol. The van der Waals surface area contributed by atoms with Crippen molar-refractivity contribution in [1.82, 2.24) is 4.90 Å². The van der Waals surface area contributed by atoms with Crippen LogP contribution < -0.4 is 5.43 Å². The Bertz CT molecular complexity index is 953. The molecule has 1 aliphatic rings. The Morgan fingerprint density at radius 2 is 1.88 bits per heavy atom. The van der Waals surface area contributed by atoms with Gasteiger partial charge in [0.2, 0.25) is 0 Å². The first-order valence-corrected chi connectivity index (χ1v) is 8.20. The number of hydrogen-bond acceptors (Lipinski definition) is 4. The number of fused-ring (bicyclic) bond motifs is 1. The lowest BCUT2D eigenvalue weighted by Crippen LogP contribution is -2.36. The highest BCUT2D eigenvalue weighted by molar-refractivity contribution is 5.84. The minimum absolute atomic E-state index is 0.113. The number of phenols is 1. The zero-order chi connectivity index (χ0) is 16.7. The first kappa shape index (κ1) is 15.0. The third-order valence-corrected chi connectivity index (χ3v) is 4.64. The second-order valence-corrected chi connectivity index (χ2v) is 6.41. The van der Waals surface area contributed by atoms with E-state index in [4.69, 9.17) is 4.42 Å². The number of phenolic OH excluding ortho intramolecular Hbond substituents is 1. The Morgan fingerprint density at radius 1 is 1.12 bits per heavy atom. The smallest absolute Gasteiger partial charge is 0.193 e. The van der Waals surface area contributed by atoms with Gasteiger partial charge >= 0.3 is 0 Å². The van der Waals surface area contributed by atoms with Gasteiger partial charge in [-0.2, -0.15) is 0 Å². The number of nitrogens with zero attached hydrogens (tertiary/aromatic N) is 1. The van der Waals surface area contributed by atoms with E-state index in [1.54, 1.807) is 12.1 Å². The normalized spacial score (nSPS) is 14.7. The minimum Gasteiger partial charge on any atom is -0.508 e. The lowest BCUT2D eigenvalue weighted by molar-refractivity contribution is 0.171. The van der Waals surface area contributed by atoms with Crippen LogP contribution in [0, 0.1) is 6.92 Å². The van der Waals surface area contributed by atoms with E-state index in [-0.39, 0.29) is 11.2 Å². The predicted octanol–water partition coefficient (Wildman–Crippen LogP) is 3.68. The summed E-state index contributed by atoms with van der Waals surface area (Å²) >= 11 is 0. The summed E-state index contributed by atoms with van der Waals surface area (Å²) in [6, 6.07) is 12.7. The molecule has 1 aromatic heterocycles. The lowest BCUT2D eigenvalue weighted by Gasteiger charge is -2.31. The quantitative estimate of drug-likeness (QED) is 0.799. The lowest BCUT2D eigenvalue weighted by atomic mass is 10.0. The summed E-state index contributed by atoms with van der Waals surface area (Å²) in [5.74, 6) is 0.706. The fourth-order valence-corrected chi connectivity index (χ4v) is 3.09. The van der Waals surface area contributed by atoms with Gasteiger partial charge in [-0.15, -0.1) is 0 Å². The summed E-state index contributed by atoms with van der Waals surface area (Å²) in [5, 5.41) is 10.7. The van der Waals surface area contributed by atoms with Gasteiger partial charge in [0.1, 0.15) is 17.1 Å². The van der Waals surface area contributed by atoms with Gasteiger partial charge in [0, 0.05) is 23.7 Å². The fraction of sp³-hybridized carbons (Fsp3) is 0.250. The standard InChI is InChI=1S/C20H19NO3/c1-13-3-5-14(6-4-13)19-11-17(23)20-15(12-21-9-2-10-21)16(22)7-8-18(20)24-19/h3-8,11,22H,2,9-10,12H2,1H3. The average Bonchev–Trinajstić information content (AvgIpc) is 2.53. The number of aryl methyl sites for hydroxylation is 1. The predicted molar refractivity (Wildman–Crippen MR) is 94.2 cm³/mol. The van der Waals surface area contributed by atoms with E-state index in [0.29, 0.717) is 28.8 Å². The van der Waals surface area contributed by atoms with E-state index in [1.807, 2.05) is 31.2 Å². The Kier molecular flexibility index (Phi) is 3.62. The van der Waals surface area contributed by atoms with Crippen LogP contribution >= 0.6 is 0 Å². The highest BCUT2D eigenvalue weighted by Gasteiger charge is 2.20. The van der Waals surface area contributed by atoms with Gasteiger partial charge in [0.25, 0.3) is 0 Å². The van der Waals surface area contributed by atoms with Crippen molar-refractivity contribution in [2.45, 2.75) is 19.9 Å². The molecule has 2 heterocycles. The van der Waals surface area contributed by atoms with Crippen LogP contribution in [0.4, 0.5) is 0 Å². The first-order chi connectivity index (χ1) is 11.6. The van der Waals surface area contributed by atoms with Gasteiger partial charge in [0.15, 0.2) is 5.43 Å². The van der Waals surface area contributed by atoms with Crippen LogP contribution in [0.3, 0.4) is 0 Å². The maximum absolute atomic E-state index is 12.7. The number of likely N-dealkylation sites (tertiary alicyclic amines) is 1. The van der Waals surface area contributed by atoms with Gasteiger partial charge in [-0.25, -0.2) is 0 Å². The molecule has 4 rings (SSSR count). The van der Waals surface area contributed by atoms with Crippen molar-refractivity contribution < 1.29 is 9.52 Å². The second kappa shape index (κ2) is 5.80. The molecule has 0 aliphatic carbocycles. The Balaban J connectivity index is 1.85. The van der Waals surface area contributed by atoms with Crippen molar-refractivity contribution in [2.75, 3.05) is 13.1 Å². The average molecular weight is 321 g/mol. The summed E-state index contributed by atoms with van der Waals surface area (Å²) in [4.78, 5) is 14.9. The number of hydrogen-bond donors (Lipinski definition) is 1. The molecule has 3 aromatic rings. The van der Waals surface area contributed by atoms with Crippen molar-refractivity contribution in [2.24, 2.45) is 0 Å². The largest absolute Gasteiger partial charge is 0.508 e. The van der Waals surface area contributed by atoms with Gasteiger partial charge in [0.05, 0.1) is 5.39 Å². The van der Waals surface area contributed by atoms with Crippen molar-refractivity contribution in [3.05, 3.63) is 63.8 Å². The van der Waals surface area contributed by atoms with Gasteiger partial charge in [-0.1, -0.05) is 29.8 Å². The van der Waals surface area contributed by atoms with E-state index in [1.165, 1.54) is 6.07 Å². The maximum Gasteiger partial charge on any atom is 0.193 e. The first-order valence-electron chi connectivity index (χ1n) is 8.20. The molecule has 0 bridgehead atoms. The summed E-state index contributed by atoms with van der Waals surface area (Å²) in [7, 11) is 0. The second-order valence-electron chi connectivity index (χ2n) is 6.41. The fourth-order valence-electron chi connectivity index (χ4n) is 3.09. The molecule has 0 radical (unpaired) electrons. The molecule has 0 atom stereocenters. The molecule has 0 saturated carbocycles. The van der Waals surface area contributed by atoms with Crippen LogP contribution in [0.15, 0.2) is 51.7 Å². The summed E-state index contributed by atoms with van der Waals surface area (Å²) in [5.41, 5.74) is 3.10. The van der Waals surface area contributed by atoms with E-state index in [9.17, 15) is 9.90 Å². The van der Waals surface area contributed by atoms with Crippen LogP contribution in [0.5, 0.6) is 5.75 Å². The van der Waals surface area contributed by atoms with Crippen LogP contribution in [-0.2, 0) is 6.54 Å². The molecule has 4 heteroatoms. The third kappa shape index (κ3) is 2.59. The highest BCUT2D eigenvalue weighted by Crippen LogP contribution is 2.30. The monoisotopic (exact) mass is 321 g/mol. The molecule has 2 aromatic carbocycles. The molecule has 1 fully saturated rings. The van der Waals surface area contributed by atoms with Crippen molar-refractivity contribution >= 4 is 11.0 Å². The minimum atomic E-state index is -0.113. The topological polar surface area (TPSA) is 53.7 Å². The van der Waals surface area contributed by atoms with Crippen molar-refractivity contribution in [1.29, 1.82) is 0 Å². The van der Waals surface area contributed by atoms with Crippen LogP contribution in [0.1, 0.15) is 17.5 Å². The third-order valence-electron chi connectivity index (χ3n) is 4.64. The molecule has 0 spiro atoms. The van der Waals surface area contributed by atoms with Crippen LogP contribution in [0.2, 0.25) is 0 Å². The van der Waals surface area contributed by atoms with Gasteiger partial charge < -0.3 is 9.52 Å². The van der Waals surface area contributed by atoms with E-state index in [2.05, 4.69) is 4.90 Å². The van der Waals surface area contributed by atoms with E-state index < -0.39 is 0 Å². The summed E-state index contributed by atoms with van der Waals surface area (Å²) < 4.78 is 5.97. The summed E-state index contributed by atoms with van der Waals surface area (Å²) in [6.45, 7) is 4.61. The van der Waals surface area contributed by atoms with E-state index >= 15 is 0 Å². The molecule has 0 amide bonds. The van der Waals surface area contributed by atoms with E-state index in [0.717, 1.165) is 30.6 Å². The number of rotatable bonds is 3. The summed E-state index contributed by atoms with van der Waals surface area (Å²) in [6.07, 6.45) is 1.16. The Morgan fingerprint density at radius 3 is 2.54 bits per heavy atom. The van der Waals surface area contributed by atoms with Crippen molar-refractivity contribution in [3.8, 4) is 17.1 Å². The SMILES string of the molecule is Cc1ccc(-c2cc(=O)c3c(CN4CCC4)c(O)ccc3o2)cc1. The molecule has 24 heavy (non-hydrogen) atoms. The molecular formula is C20H19NO3. The molecule has 4 nitrogen and oxygen atoms in total. The zero-order valence-corrected chi connectivity index (χ0v) is 13.6. The molecule has 122 valence electrons. The Labute approximate surface area is 140 Å². The number of aromatic hydroxyl groups is 1. The van der Waals surface area contributed by atoms with Crippen LogP contribution in [-0.4, -0.2) is 23.1 Å².